The van der Waals surface area contributed by atoms with Crippen molar-refractivity contribution in [3.8, 4) is 0 Å². The molecule has 33 heavy (non-hydrogen) atoms. The fraction of sp³-hybridized carbons (Fsp3) is 0.500. The number of primary amides is 1. The first-order valence-corrected chi connectivity index (χ1v) is 13.0. The van der Waals surface area contributed by atoms with Crippen molar-refractivity contribution in [2.24, 2.45) is 17.4 Å². The van der Waals surface area contributed by atoms with Crippen LogP contribution in [0, 0.1) is 5.92 Å². The number of aliphatic hydroxyl groups is 1. The maximum absolute atomic E-state index is 11.9. The Hall–Kier alpha value is -2.27. The van der Waals surface area contributed by atoms with E-state index in [1.165, 1.54) is 24.4 Å². The molecule has 1 atom stereocenters. The number of carbonyl (C=O) groups is 1. The zero-order chi connectivity index (χ0) is 24.4. The highest BCUT2D eigenvalue weighted by Gasteiger charge is 2.29. The number of anilines is 2. The first-order valence-electron chi connectivity index (χ1n) is 10.8. The quantitative estimate of drug-likeness (QED) is 0.434. The Morgan fingerprint density at radius 3 is 2.61 bits per heavy atom. The summed E-state index contributed by atoms with van der Waals surface area (Å²) in [6.07, 6.45) is 7.60. The number of carbonyl (C=O) groups excluding carboxylic acids is 1. The molecule has 2 aromatic rings. The van der Waals surface area contributed by atoms with Crippen molar-refractivity contribution in [2.75, 3.05) is 11.6 Å². The molecule has 3 rings (SSSR count). The Kier molecular flexibility index (Phi) is 7.62. The summed E-state index contributed by atoms with van der Waals surface area (Å²) in [6, 6.07) is 3.92. The van der Waals surface area contributed by atoms with Crippen LogP contribution in [0.5, 0.6) is 0 Å². The number of rotatable bonds is 8. The van der Waals surface area contributed by atoms with Gasteiger partial charge < -0.3 is 21.9 Å². The van der Waals surface area contributed by atoms with Crippen molar-refractivity contribution >= 4 is 38.9 Å². The summed E-state index contributed by atoms with van der Waals surface area (Å²) in [5.74, 6) is -0.146. The van der Waals surface area contributed by atoms with Gasteiger partial charge in [0.15, 0.2) is 21.3 Å². The highest BCUT2D eigenvalue weighted by atomic mass is 35.5. The van der Waals surface area contributed by atoms with Crippen molar-refractivity contribution in [1.29, 1.82) is 0 Å². The van der Waals surface area contributed by atoms with Crippen LogP contribution in [0.25, 0.3) is 0 Å². The van der Waals surface area contributed by atoms with Crippen molar-refractivity contribution in [3.05, 3.63) is 40.8 Å². The van der Waals surface area contributed by atoms with E-state index in [9.17, 15) is 18.3 Å². The number of nitrogens with one attached hydrogen (secondary N) is 1. The molecule has 0 aliphatic heterocycles. The third kappa shape index (κ3) is 6.63. The van der Waals surface area contributed by atoms with Crippen LogP contribution in [-0.4, -0.2) is 41.3 Å². The molecular weight excluding hydrogens is 466 g/mol. The molecular formula is C22H30ClN5O4S. The fourth-order valence-electron chi connectivity index (χ4n) is 4.02. The van der Waals surface area contributed by atoms with Crippen LogP contribution in [0.1, 0.15) is 67.7 Å². The molecule has 1 unspecified atom stereocenters. The van der Waals surface area contributed by atoms with Crippen LogP contribution >= 0.6 is 11.6 Å². The Labute approximate surface area is 198 Å². The molecule has 180 valence electrons. The van der Waals surface area contributed by atoms with E-state index in [1.807, 2.05) is 6.92 Å². The predicted molar refractivity (Wildman–Crippen MR) is 127 cm³/mol. The minimum absolute atomic E-state index is 0.00377. The molecule has 0 saturated heterocycles. The highest BCUT2D eigenvalue weighted by molar-refractivity contribution is 7.90. The first kappa shape index (κ1) is 25.4. The summed E-state index contributed by atoms with van der Waals surface area (Å²) in [7, 11) is -3.48. The van der Waals surface area contributed by atoms with E-state index in [0.29, 0.717) is 23.7 Å². The molecule has 1 saturated carbocycles. The molecule has 1 aromatic carbocycles. The number of nitrogens with two attached hydrogens (primary N) is 2. The molecule has 1 aromatic heterocycles. The molecule has 6 N–H and O–H groups in total. The summed E-state index contributed by atoms with van der Waals surface area (Å²) in [5, 5.41) is 13.1. The van der Waals surface area contributed by atoms with Gasteiger partial charge in [-0.25, -0.2) is 18.4 Å². The average molecular weight is 496 g/mol. The summed E-state index contributed by atoms with van der Waals surface area (Å²) < 4.78 is 23.6. The minimum atomic E-state index is -3.48. The summed E-state index contributed by atoms with van der Waals surface area (Å²) >= 11 is 6.11. The number of benzene rings is 1. The molecule has 1 aliphatic rings. The van der Waals surface area contributed by atoms with E-state index < -0.39 is 27.4 Å². The Morgan fingerprint density at radius 1 is 1.36 bits per heavy atom. The Morgan fingerprint density at radius 2 is 2.03 bits per heavy atom. The number of hydrogen-bond acceptors (Lipinski definition) is 8. The van der Waals surface area contributed by atoms with Gasteiger partial charge >= 0.3 is 0 Å². The third-order valence-corrected chi connectivity index (χ3v) is 7.65. The van der Waals surface area contributed by atoms with E-state index in [-0.39, 0.29) is 21.4 Å². The summed E-state index contributed by atoms with van der Waals surface area (Å²) in [4.78, 5) is 20.5. The third-order valence-electron chi connectivity index (χ3n) is 6.07. The zero-order valence-corrected chi connectivity index (χ0v) is 20.3. The molecule has 1 amide bonds. The minimum Gasteiger partial charge on any atom is -0.390 e. The highest BCUT2D eigenvalue weighted by Crippen LogP contribution is 2.35. The van der Waals surface area contributed by atoms with Crippen LogP contribution < -0.4 is 16.8 Å². The van der Waals surface area contributed by atoms with Gasteiger partial charge in [-0.05, 0) is 69.6 Å². The second kappa shape index (κ2) is 9.92. The molecule has 0 bridgehead atoms. The summed E-state index contributed by atoms with van der Waals surface area (Å²) in [6.45, 7) is 1.88. The maximum atomic E-state index is 11.9. The van der Waals surface area contributed by atoms with Gasteiger partial charge in [0.1, 0.15) is 0 Å². The van der Waals surface area contributed by atoms with Gasteiger partial charge in [0.25, 0.3) is 5.91 Å². The largest absolute Gasteiger partial charge is 0.390 e. The van der Waals surface area contributed by atoms with Gasteiger partial charge in [0.2, 0.25) is 0 Å². The van der Waals surface area contributed by atoms with Crippen LogP contribution in [0.2, 0.25) is 5.02 Å². The van der Waals surface area contributed by atoms with Crippen LogP contribution in [0.3, 0.4) is 0 Å². The van der Waals surface area contributed by atoms with Crippen molar-refractivity contribution < 1.29 is 18.3 Å². The summed E-state index contributed by atoms with van der Waals surface area (Å²) in [5.41, 5.74) is 12.1. The SMILES string of the molecule is CS(=O)(=O)c1ccc(Nc2nc(C(N)CC[C@H]3CC[C@](C)(O)CC3)cnc2C(N)=O)cc1Cl. The molecule has 9 nitrogen and oxygen atoms in total. The lowest BCUT2D eigenvalue weighted by Gasteiger charge is -2.33. The normalized spacial score (nSPS) is 22.0. The van der Waals surface area contributed by atoms with E-state index in [1.54, 1.807) is 0 Å². The molecule has 1 aliphatic carbocycles. The topological polar surface area (TPSA) is 161 Å². The number of aromatic nitrogens is 2. The molecule has 0 radical (unpaired) electrons. The van der Waals surface area contributed by atoms with E-state index in [2.05, 4.69) is 15.3 Å². The van der Waals surface area contributed by atoms with Crippen LogP contribution in [-0.2, 0) is 9.84 Å². The van der Waals surface area contributed by atoms with Gasteiger partial charge in [-0.3, -0.25) is 4.79 Å². The zero-order valence-electron chi connectivity index (χ0n) is 18.7. The van der Waals surface area contributed by atoms with Gasteiger partial charge in [0, 0.05) is 18.0 Å². The van der Waals surface area contributed by atoms with Crippen LogP contribution in [0.4, 0.5) is 11.5 Å². The molecule has 1 fully saturated rings. The van der Waals surface area contributed by atoms with Gasteiger partial charge in [0.05, 0.1) is 27.4 Å². The molecule has 1 heterocycles. The van der Waals surface area contributed by atoms with Gasteiger partial charge in [-0.2, -0.15) is 0 Å². The number of hydrogen-bond donors (Lipinski definition) is 4. The predicted octanol–water partition coefficient (Wildman–Crippen LogP) is 3.10. The lowest BCUT2D eigenvalue weighted by atomic mass is 9.78. The number of sulfone groups is 1. The average Bonchev–Trinajstić information content (AvgIpc) is 2.71. The second-order valence-electron chi connectivity index (χ2n) is 9.02. The number of nitrogens with zero attached hydrogens (tertiary/aromatic N) is 2. The maximum Gasteiger partial charge on any atom is 0.271 e. The number of halogens is 1. The molecule has 0 spiro atoms. The van der Waals surface area contributed by atoms with Crippen LogP contribution in [0.15, 0.2) is 29.3 Å². The Balaban J connectivity index is 1.75. The first-order chi connectivity index (χ1) is 15.4. The second-order valence-corrected chi connectivity index (χ2v) is 11.4. The van der Waals surface area contributed by atoms with Gasteiger partial charge in [-0.15, -0.1) is 0 Å². The van der Waals surface area contributed by atoms with Gasteiger partial charge in [-0.1, -0.05) is 11.6 Å². The van der Waals surface area contributed by atoms with E-state index >= 15 is 0 Å². The molecule has 11 heteroatoms. The van der Waals surface area contributed by atoms with Crippen molar-refractivity contribution in [1.82, 2.24) is 9.97 Å². The monoisotopic (exact) mass is 495 g/mol. The standard InChI is InChI=1S/C22H30ClN5O4S/c1-22(30)9-7-13(8-10-22)3-5-16(24)17-12-26-19(20(25)29)21(28-17)27-14-4-6-18(15(23)11-14)33(2,31)32/h4,6,11-13,16,30H,3,5,7-10,24H2,1-2H3,(H2,25,29)(H,27,28)/t13-,16?,22-. The van der Waals surface area contributed by atoms with Crippen molar-refractivity contribution in [3.63, 3.8) is 0 Å². The Bertz CT molecular complexity index is 1130. The smallest absolute Gasteiger partial charge is 0.271 e. The number of amides is 1. The van der Waals surface area contributed by atoms with Crippen molar-refractivity contribution in [2.45, 2.75) is 62.0 Å². The van der Waals surface area contributed by atoms with E-state index in [4.69, 9.17) is 23.1 Å². The lowest BCUT2D eigenvalue weighted by molar-refractivity contribution is 0.00650. The van der Waals surface area contributed by atoms with E-state index in [0.717, 1.165) is 38.4 Å². The lowest BCUT2D eigenvalue weighted by Crippen LogP contribution is -2.30. The fourth-order valence-corrected chi connectivity index (χ4v) is 5.35.